The van der Waals surface area contributed by atoms with E-state index >= 15 is 0 Å². The molecular weight excluding hydrogens is 556 g/mol. The van der Waals surface area contributed by atoms with E-state index in [0.717, 1.165) is 47.1 Å². The van der Waals surface area contributed by atoms with Crippen LogP contribution in [0.2, 0.25) is 5.02 Å². The van der Waals surface area contributed by atoms with Gasteiger partial charge in [-0.05, 0) is 49.4 Å². The van der Waals surface area contributed by atoms with Crippen molar-refractivity contribution in [1.82, 2.24) is 29.7 Å². The van der Waals surface area contributed by atoms with Crippen LogP contribution in [-0.2, 0) is 34.5 Å². The minimum atomic E-state index is -0.430. The van der Waals surface area contributed by atoms with Crippen molar-refractivity contribution in [3.05, 3.63) is 52.4 Å². The van der Waals surface area contributed by atoms with Gasteiger partial charge in [0.05, 0.1) is 12.4 Å². The maximum atomic E-state index is 14.3. The molecule has 1 aromatic carbocycles. The number of carbonyl (C=O) groups is 3. The maximum Gasteiger partial charge on any atom is 0.227 e. The van der Waals surface area contributed by atoms with Gasteiger partial charge in [0.25, 0.3) is 0 Å². The summed E-state index contributed by atoms with van der Waals surface area (Å²) < 4.78 is 8.30. The van der Waals surface area contributed by atoms with Gasteiger partial charge in [-0.3, -0.25) is 14.4 Å². The van der Waals surface area contributed by atoms with Crippen LogP contribution < -0.4 is 10.1 Å². The van der Waals surface area contributed by atoms with Crippen LogP contribution >= 0.6 is 11.6 Å². The van der Waals surface area contributed by atoms with Gasteiger partial charge in [0.1, 0.15) is 17.9 Å². The third kappa shape index (κ3) is 5.32. The summed E-state index contributed by atoms with van der Waals surface area (Å²) in [6.45, 7) is 1.76. The molecule has 10 nitrogen and oxygen atoms in total. The van der Waals surface area contributed by atoms with Crippen LogP contribution in [0.15, 0.2) is 30.7 Å². The van der Waals surface area contributed by atoms with Gasteiger partial charge < -0.3 is 24.4 Å². The highest BCUT2D eigenvalue weighted by Gasteiger charge is 2.43. The molecule has 222 valence electrons. The van der Waals surface area contributed by atoms with E-state index in [1.165, 1.54) is 0 Å². The minimum Gasteiger partial charge on any atom is -0.488 e. The van der Waals surface area contributed by atoms with Crippen molar-refractivity contribution in [2.75, 3.05) is 26.7 Å². The van der Waals surface area contributed by atoms with Crippen molar-refractivity contribution < 1.29 is 19.1 Å². The average Bonchev–Trinajstić information content (AvgIpc) is 3.60. The van der Waals surface area contributed by atoms with Crippen molar-refractivity contribution in [1.29, 1.82) is 0 Å². The van der Waals surface area contributed by atoms with Crippen molar-refractivity contribution in [3.8, 4) is 5.75 Å². The fraction of sp³-hybridized carbons (Fsp3) is 0.516. The van der Waals surface area contributed by atoms with Crippen molar-refractivity contribution in [2.45, 2.75) is 57.6 Å². The Morgan fingerprint density at radius 2 is 1.90 bits per heavy atom. The van der Waals surface area contributed by atoms with Crippen LogP contribution in [0, 0.1) is 11.8 Å². The first-order chi connectivity index (χ1) is 20.4. The van der Waals surface area contributed by atoms with Gasteiger partial charge in [-0.1, -0.05) is 24.4 Å². The van der Waals surface area contributed by atoms with Crippen LogP contribution in [0.3, 0.4) is 0 Å². The highest BCUT2D eigenvalue weighted by molar-refractivity contribution is 6.31. The number of imidazole rings is 1. The van der Waals surface area contributed by atoms with E-state index in [4.69, 9.17) is 16.3 Å². The molecule has 3 atom stereocenters. The molecule has 1 N–H and O–H groups in total. The maximum absolute atomic E-state index is 14.3. The lowest BCUT2D eigenvalue weighted by Gasteiger charge is -2.43. The van der Waals surface area contributed by atoms with E-state index in [1.807, 2.05) is 39.6 Å². The van der Waals surface area contributed by atoms with Gasteiger partial charge in [-0.2, -0.15) is 0 Å². The van der Waals surface area contributed by atoms with E-state index in [1.54, 1.807) is 19.6 Å². The zero-order valence-electron chi connectivity index (χ0n) is 24.1. The molecule has 4 heterocycles. The Hall–Kier alpha value is -3.66. The molecule has 3 aliphatic rings. The molecule has 0 spiro atoms. The van der Waals surface area contributed by atoms with Crippen LogP contribution in [0.1, 0.15) is 61.3 Å². The number of likely N-dealkylation sites (tertiary alicyclic amines) is 1. The molecule has 3 aromatic rings. The van der Waals surface area contributed by atoms with E-state index in [-0.39, 0.29) is 30.2 Å². The quantitative estimate of drug-likeness (QED) is 0.447. The zero-order chi connectivity index (χ0) is 29.4. The van der Waals surface area contributed by atoms with Gasteiger partial charge in [-0.15, -0.1) is 0 Å². The normalized spacial score (nSPS) is 22.4. The number of amides is 3. The number of ether oxygens (including phenoxy) is 1. The van der Waals surface area contributed by atoms with Crippen molar-refractivity contribution in [3.63, 3.8) is 0 Å². The van der Waals surface area contributed by atoms with E-state index < -0.39 is 12.0 Å². The van der Waals surface area contributed by atoms with Gasteiger partial charge in [0.2, 0.25) is 17.7 Å². The molecule has 1 saturated heterocycles. The molecule has 1 saturated carbocycles. The molecule has 0 radical (unpaired) electrons. The smallest absolute Gasteiger partial charge is 0.227 e. The SMILES string of the molecule is CNC(=O)[C@@H]1CCCCC1C(=O)N1CCc2c(Cl)ccc(OCc3cnc4c(c3)ncn4C)c2[C@H]1CN1CCCC1=O. The Morgan fingerprint density at radius 3 is 2.67 bits per heavy atom. The Kier molecular flexibility index (Phi) is 8.07. The lowest BCUT2D eigenvalue weighted by Crippen LogP contribution is -2.50. The lowest BCUT2D eigenvalue weighted by atomic mass is 9.77. The van der Waals surface area contributed by atoms with Gasteiger partial charge in [0, 0.05) is 74.3 Å². The fourth-order valence-corrected chi connectivity index (χ4v) is 7.16. The molecule has 1 unspecified atom stereocenters. The van der Waals surface area contributed by atoms with Crippen LogP contribution in [0.4, 0.5) is 0 Å². The first-order valence-corrected chi connectivity index (χ1v) is 15.2. The van der Waals surface area contributed by atoms with Crippen LogP contribution in [-0.4, -0.2) is 68.7 Å². The van der Waals surface area contributed by atoms with E-state index in [9.17, 15) is 14.4 Å². The number of halogens is 1. The van der Waals surface area contributed by atoms with E-state index in [2.05, 4.69) is 15.3 Å². The Bertz CT molecular complexity index is 1520. The monoisotopic (exact) mass is 592 g/mol. The van der Waals surface area contributed by atoms with Crippen LogP contribution in [0.5, 0.6) is 5.75 Å². The number of hydrogen-bond donors (Lipinski definition) is 1. The largest absolute Gasteiger partial charge is 0.488 e. The molecule has 2 aromatic heterocycles. The second kappa shape index (κ2) is 11.9. The summed E-state index contributed by atoms with van der Waals surface area (Å²) in [5, 5.41) is 3.39. The van der Waals surface area contributed by atoms with Crippen molar-refractivity contribution in [2.24, 2.45) is 18.9 Å². The van der Waals surface area contributed by atoms with E-state index in [0.29, 0.717) is 56.1 Å². The summed E-state index contributed by atoms with van der Waals surface area (Å²) in [4.78, 5) is 52.6. The first-order valence-electron chi connectivity index (χ1n) is 14.9. The zero-order valence-corrected chi connectivity index (χ0v) is 24.9. The molecular formula is C31H37ClN6O4. The molecule has 42 heavy (non-hydrogen) atoms. The molecule has 1 aliphatic carbocycles. The Balaban J connectivity index is 1.34. The Morgan fingerprint density at radius 1 is 1.10 bits per heavy atom. The minimum absolute atomic E-state index is 0.0266. The first kappa shape index (κ1) is 28.5. The molecule has 11 heteroatoms. The van der Waals surface area contributed by atoms with Crippen LogP contribution in [0.25, 0.3) is 11.2 Å². The summed E-state index contributed by atoms with van der Waals surface area (Å²) in [6.07, 6.45) is 8.62. The molecule has 0 bridgehead atoms. The van der Waals surface area contributed by atoms with Gasteiger partial charge >= 0.3 is 0 Å². The summed E-state index contributed by atoms with van der Waals surface area (Å²) in [5.41, 5.74) is 4.25. The summed E-state index contributed by atoms with van der Waals surface area (Å²) >= 11 is 6.76. The number of pyridine rings is 1. The second-order valence-electron chi connectivity index (χ2n) is 11.6. The predicted molar refractivity (Wildman–Crippen MR) is 158 cm³/mol. The van der Waals surface area contributed by atoms with Crippen molar-refractivity contribution >= 4 is 40.5 Å². The van der Waals surface area contributed by atoms with Gasteiger partial charge in [-0.25, -0.2) is 9.97 Å². The topological polar surface area (TPSA) is 110 Å². The number of aromatic nitrogens is 3. The molecule has 2 fully saturated rings. The number of benzene rings is 1. The molecule has 6 rings (SSSR count). The number of nitrogens with zero attached hydrogens (tertiary/aromatic N) is 5. The number of fused-ring (bicyclic) bond motifs is 2. The number of aryl methyl sites for hydroxylation is 1. The summed E-state index contributed by atoms with van der Waals surface area (Å²) in [5.74, 6) is -0.123. The standard InChI is InChI=1S/C31H37ClN6O4/c1-33-30(40)20-6-3-4-7-21(20)31(41)38-13-11-22-23(32)9-10-26(28(22)25(38)16-37-12-5-8-27(37)39)42-17-19-14-24-29(34-15-19)36(2)18-35-24/h9-10,14-15,18,20-21,25H,3-8,11-13,16-17H2,1-2H3,(H,33,40)/t20-,21?,25-/m1/s1. The summed E-state index contributed by atoms with van der Waals surface area (Å²) in [7, 11) is 3.53. The predicted octanol–water partition coefficient (Wildman–Crippen LogP) is 3.80. The average molecular weight is 593 g/mol. The number of hydrogen-bond acceptors (Lipinski definition) is 6. The Labute approximate surface area is 250 Å². The molecule has 2 aliphatic heterocycles. The highest BCUT2D eigenvalue weighted by Crippen LogP contribution is 2.43. The van der Waals surface area contributed by atoms with Gasteiger partial charge in [0.15, 0.2) is 5.65 Å². The number of rotatable bonds is 7. The molecule has 3 amide bonds. The lowest BCUT2D eigenvalue weighted by molar-refractivity contribution is -0.147. The third-order valence-electron chi connectivity index (χ3n) is 9.09. The second-order valence-corrected chi connectivity index (χ2v) is 12.0. The highest BCUT2D eigenvalue weighted by atomic mass is 35.5. The summed E-state index contributed by atoms with van der Waals surface area (Å²) in [6, 6.07) is 5.23. The number of nitrogens with one attached hydrogen (secondary N) is 1. The third-order valence-corrected chi connectivity index (χ3v) is 9.44. The fourth-order valence-electron chi connectivity index (χ4n) is 6.90. The number of carbonyl (C=O) groups excluding carboxylic acids is 3.